The molecule has 1 atom stereocenters. The van der Waals surface area contributed by atoms with Gasteiger partial charge in [0, 0.05) is 25.7 Å². The predicted molar refractivity (Wildman–Crippen MR) is 145 cm³/mol. The van der Waals surface area contributed by atoms with Gasteiger partial charge in [0.05, 0.1) is 11.3 Å². The number of sulfonamides is 1. The van der Waals surface area contributed by atoms with Gasteiger partial charge in [-0.3, -0.25) is 9.69 Å². The third-order valence-corrected chi connectivity index (χ3v) is 8.76. The summed E-state index contributed by atoms with van der Waals surface area (Å²) in [5.41, 5.74) is 3.87. The van der Waals surface area contributed by atoms with Crippen LogP contribution in [-0.2, 0) is 32.7 Å². The lowest BCUT2D eigenvalue weighted by molar-refractivity contribution is -0.146. The van der Waals surface area contributed by atoms with Crippen LogP contribution in [0.4, 0.5) is 4.39 Å². The number of carbonyl (C=O) groups is 1. The molecule has 0 radical (unpaired) electrons. The van der Waals surface area contributed by atoms with Crippen molar-refractivity contribution in [3.8, 4) is 0 Å². The molecule has 0 spiro atoms. The number of carbonyl (C=O) groups excluding carboxylic acids is 1. The summed E-state index contributed by atoms with van der Waals surface area (Å²) in [5.74, 6) is -0.693. The van der Waals surface area contributed by atoms with Gasteiger partial charge in [-0.25, -0.2) is 12.8 Å². The Balaban J connectivity index is 1.55. The summed E-state index contributed by atoms with van der Waals surface area (Å²) in [5, 5.41) is 0. The van der Waals surface area contributed by atoms with Crippen molar-refractivity contribution >= 4 is 16.0 Å². The van der Waals surface area contributed by atoms with E-state index in [1.165, 1.54) is 16.4 Å². The van der Waals surface area contributed by atoms with Crippen LogP contribution < -0.4 is 0 Å². The first-order chi connectivity index (χ1) is 18.2. The molecule has 0 aromatic heterocycles. The molecule has 0 saturated carbocycles. The zero-order valence-electron chi connectivity index (χ0n) is 22.0. The Morgan fingerprint density at radius 2 is 1.63 bits per heavy atom. The van der Waals surface area contributed by atoms with E-state index < -0.39 is 16.1 Å². The highest BCUT2D eigenvalue weighted by Crippen LogP contribution is 2.23. The molecule has 38 heavy (non-hydrogen) atoms. The lowest BCUT2D eigenvalue weighted by Gasteiger charge is -2.37. The minimum Gasteiger partial charge on any atom is -0.461 e. The van der Waals surface area contributed by atoms with E-state index in [-0.39, 0.29) is 36.3 Å². The smallest absolute Gasteiger partial charge is 0.307 e. The highest BCUT2D eigenvalue weighted by molar-refractivity contribution is 7.89. The molecule has 1 heterocycles. The van der Waals surface area contributed by atoms with Gasteiger partial charge in [-0.15, -0.1) is 0 Å². The zero-order valence-corrected chi connectivity index (χ0v) is 22.8. The van der Waals surface area contributed by atoms with E-state index in [4.69, 9.17) is 4.74 Å². The average Bonchev–Trinajstić information content (AvgIpc) is 2.88. The number of hydrogen-bond donors (Lipinski definition) is 0. The summed E-state index contributed by atoms with van der Waals surface area (Å²) < 4.78 is 47.8. The molecule has 1 saturated heterocycles. The maximum atomic E-state index is 13.6. The van der Waals surface area contributed by atoms with Crippen LogP contribution in [0.3, 0.4) is 0 Å². The predicted octanol–water partition coefficient (Wildman–Crippen LogP) is 5.23. The van der Waals surface area contributed by atoms with E-state index in [1.807, 2.05) is 38.1 Å². The highest BCUT2D eigenvalue weighted by atomic mass is 32.2. The molecule has 3 aromatic rings. The van der Waals surface area contributed by atoms with Crippen molar-refractivity contribution in [2.45, 2.75) is 57.2 Å². The SMILES string of the molecule is Cc1ccc(S(=O)(=O)N2CCCCN(Cc3ccc(F)cc3)C(CC(=O)OCc3cccc(C)c3)C2)cc1. The molecular formula is C30H35FN2O4S. The summed E-state index contributed by atoms with van der Waals surface area (Å²) in [6.45, 7) is 5.79. The van der Waals surface area contributed by atoms with E-state index in [0.29, 0.717) is 26.1 Å². The number of aryl methyl sites for hydroxylation is 2. The van der Waals surface area contributed by atoms with Crippen LogP contribution in [0.15, 0.2) is 77.7 Å². The summed E-state index contributed by atoms with van der Waals surface area (Å²) in [6.07, 6.45) is 1.53. The Morgan fingerprint density at radius 3 is 2.34 bits per heavy atom. The van der Waals surface area contributed by atoms with Crippen LogP contribution in [0.5, 0.6) is 0 Å². The third kappa shape index (κ3) is 7.49. The molecule has 6 nitrogen and oxygen atoms in total. The van der Waals surface area contributed by atoms with Gasteiger partial charge in [0.1, 0.15) is 12.4 Å². The van der Waals surface area contributed by atoms with Crippen LogP contribution in [0.25, 0.3) is 0 Å². The molecule has 0 amide bonds. The first-order valence-corrected chi connectivity index (χ1v) is 14.4. The maximum Gasteiger partial charge on any atom is 0.307 e. The van der Waals surface area contributed by atoms with Gasteiger partial charge in [-0.05, 0) is 68.6 Å². The summed E-state index contributed by atoms with van der Waals surface area (Å²) in [4.78, 5) is 15.4. The topological polar surface area (TPSA) is 66.9 Å². The van der Waals surface area contributed by atoms with Crippen molar-refractivity contribution in [2.75, 3.05) is 19.6 Å². The Hall–Kier alpha value is -3.07. The summed E-state index contributed by atoms with van der Waals surface area (Å²) in [7, 11) is -3.74. The molecule has 1 unspecified atom stereocenters. The molecule has 3 aromatic carbocycles. The second-order valence-electron chi connectivity index (χ2n) is 9.99. The van der Waals surface area contributed by atoms with Crippen molar-refractivity contribution in [1.82, 2.24) is 9.21 Å². The van der Waals surface area contributed by atoms with E-state index >= 15 is 0 Å². The van der Waals surface area contributed by atoms with Crippen LogP contribution in [-0.4, -0.2) is 49.3 Å². The number of esters is 1. The molecule has 0 bridgehead atoms. The van der Waals surface area contributed by atoms with Crippen molar-refractivity contribution in [1.29, 1.82) is 0 Å². The molecule has 8 heteroatoms. The number of benzene rings is 3. The second kappa shape index (κ2) is 12.7. The minimum atomic E-state index is -3.74. The molecule has 1 fully saturated rings. The van der Waals surface area contributed by atoms with Crippen LogP contribution >= 0.6 is 0 Å². The Labute approximate surface area is 225 Å². The second-order valence-corrected chi connectivity index (χ2v) is 11.9. The van der Waals surface area contributed by atoms with Gasteiger partial charge in [0.15, 0.2) is 0 Å². The molecular weight excluding hydrogens is 503 g/mol. The fourth-order valence-corrected chi connectivity index (χ4v) is 6.26. The van der Waals surface area contributed by atoms with Gasteiger partial charge in [0.2, 0.25) is 10.0 Å². The Kier molecular flexibility index (Phi) is 9.31. The Morgan fingerprint density at radius 1 is 0.921 bits per heavy atom. The third-order valence-electron chi connectivity index (χ3n) is 6.88. The summed E-state index contributed by atoms with van der Waals surface area (Å²) in [6, 6.07) is 20.5. The molecule has 0 aliphatic carbocycles. The molecule has 1 aliphatic heterocycles. The number of halogens is 1. The molecule has 4 rings (SSSR count). The van der Waals surface area contributed by atoms with E-state index in [2.05, 4.69) is 4.90 Å². The maximum absolute atomic E-state index is 13.6. The van der Waals surface area contributed by atoms with Crippen molar-refractivity contribution in [2.24, 2.45) is 0 Å². The quantitative estimate of drug-likeness (QED) is 0.368. The van der Waals surface area contributed by atoms with Crippen LogP contribution in [0.1, 0.15) is 41.5 Å². The van der Waals surface area contributed by atoms with Crippen molar-refractivity contribution < 1.29 is 22.3 Å². The molecule has 0 N–H and O–H groups in total. The first kappa shape index (κ1) is 28.0. The number of nitrogens with zero attached hydrogens (tertiary/aromatic N) is 2. The average molecular weight is 539 g/mol. The van der Waals surface area contributed by atoms with E-state index in [9.17, 15) is 17.6 Å². The first-order valence-electron chi connectivity index (χ1n) is 13.0. The van der Waals surface area contributed by atoms with E-state index in [1.54, 1.807) is 36.4 Å². The van der Waals surface area contributed by atoms with Gasteiger partial charge in [-0.1, -0.05) is 59.7 Å². The standard InChI is InChI=1S/C30H35FN2O4S/c1-23-8-14-29(15-9-23)38(35,36)33-17-4-3-16-32(20-25-10-12-27(31)13-11-25)28(21-33)19-30(34)37-22-26-7-5-6-24(2)18-26/h5-15,18,28H,3-4,16-17,19-22H2,1-2H3. The lowest BCUT2D eigenvalue weighted by atomic mass is 10.1. The number of hydrogen-bond acceptors (Lipinski definition) is 5. The fraction of sp³-hybridized carbons (Fsp3) is 0.367. The summed E-state index contributed by atoms with van der Waals surface area (Å²) >= 11 is 0. The molecule has 202 valence electrons. The Bertz CT molecular complexity index is 1330. The number of rotatable bonds is 8. The lowest BCUT2D eigenvalue weighted by Crippen LogP contribution is -2.49. The zero-order chi connectivity index (χ0) is 27.1. The number of ether oxygens (including phenoxy) is 1. The largest absolute Gasteiger partial charge is 0.461 e. The van der Waals surface area contributed by atoms with Gasteiger partial charge < -0.3 is 4.74 Å². The van der Waals surface area contributed by atoms with Gasteiger partial charge >= 0.3 is 5.97 Å². The highest BCUT2D eigenvalue weighted by Gasteiger charge is 2.32. The van der Waals surface area contributed by atoms with Gasteiger partial charge in [-0.2, -0.15) is 4.31 Å². The fourth-order valence-electron chi connectivity index (χ4n) is 4.75. The van der Waals surface area contributed by atoms with Crippen LogP contribution in [0, 0.1) is 19.7 Å². The normalized spacial score (nSPS) is 17.5. The van der Waals surface area contributed by atoms with Crippen molar-refractivity contribution in [3.05, 3.63) is 101 Å². The minimum absolute atomic E-state index is 0.0485. The van der Waals surface area contributed by atoms with Crippen molar-refractivity contribution in [3.63, 3.8) is 0 Å². The van der Waals surface area contributed by atoms with Gasteiger partial charge in [0.25, 0.3) is 0 Å². The monoisotopic (exact) mass is 538 g/mol. The van der Waals surface area contributed by atoms with E-state index in [0.717, 1.165) is 28.7 Å². The molecule has 1 aliphatic rings. The van der Waals surface area contributed by atoms with Crippen LogP contribution in [0.2, 0.25) is 0 Å².